The molecule has 7 heteroatoms. The number of rotatable bonds is 7. The molecule has 3 aliphatic carbocycles. The molecule has 0 aromatic heterocycles. The largest absolute Gasteiger partial charge is 0.547 e. The van der Waals surface area contributed by atoms with E-state index in [1.54, 1.807) is 7.11 Å². The van der Waals surface area contributed by atoms with Crippen LogP contribution in [0.4, 0.5) is 0 Å². The normalized spacial score (nSPS) is 35.4. The van der Waals surface area contributed by atoms with Crippen LogP contribution in [0.3, 0.4) is 0 Å². The minimum Gasteiger partial charge on any atom is -0.547 e. The van der Waals surface area contributed by atoms with Crippen molar-refractivity contribution in [2.24, 2.45) is 28.1 Å². The van der Waals surface area contributed by atoms with E-state index >= 15 is 0 Å². The summed E-state index contributed by atoms with van der Waals surface area (Å²) in [5.41, 5.74) is 0.542. The predicted octanol–water partition coefficient (Wildman–Crippen LogP) is 9.10. The van der Waals surface area contributed by atoms with Crippen LogP contribution in [0.5, 0.6) is 0 Å². The van der Waals surface area contributed by atoms with Crippen LogP contribution in [0.1, 0.15) is 102 Å². The monoisotopic (exact) mass is 594 g/mol. The highest BCUT2D eigenvalue weighted by Gasteiger charge is 2.67. The summed E-state index contributed by atoms with van der Waals surface area (Å²) >= 11 is 0. The first kappa shape index (κ1) is 34.0. The van der Waals surface area contributed by atoms with Gasteiger partial charge in [0.05, 0.1) is 18.0 Å². The van der Waals surface area contributed by atoms with Crippen LogP contribution in [-0.4, -0.2) is 48.5 Å². The fourth-order valence-electron chi connectivity index (χ4n) is 7.73. The second kappa shape index (κ2) is 10.6. The van der Waals surface area contributed by atoms with Crippen molar-refractivity contribution in [3.8, 4) is 0 Å². The molecule has 0 aliphatic heterocycles. The van der Waals surface area contributed by atoms with E-state index in [-0.39, 0.29) is 57.2 Å². The van der Waals surface area contributed by atoms with E-state index in [4.69, 9.17) is 18.3 Å². The molecule has 0 amide bonds. The van der Waals surface area contributed by atoms with Gasteiger partial charge in [-0.05, 0) is 84.3 Å². The summed E-state index contributed by atoms with van der Waals surface area (Å²) in [4.78, 5) is 14.2. The zero-order valence-corrected chi connectivity index (χ0v) is 30.9. The third kappa shape index (κ3) is 5.72. The van der Waals surface area contributed by atoms with Gasteiger partial charge in [-0.15, -0.1) is 0 Å². The summed E-state index contributed by atoms with van der Waals surface area (Å²) in [7, 11) is -2.43. The third-order valence-electron chi connectivity index (χ3n) is 12.3. The molecule has 0 saturated heterocycles. The number of methoxy groups -OCH3 is 1. The van der Waals surface area contributed by atoms with Gasteiger partial charge < -0.3 is 18.3 Å². The molecule has 0 radical (unpaired) electrons. The molecule has 0 spiro atoms. The maximum atomic E-state index is 14.2. The molecule has 3 aliphatic rings. The summed E-state index contributed by atoms with van der Waals surface area (Å²) in [6, 6.07) is 0. The van der Waals surface area contributed by atoms with Crippen molar-refractivity contribution >= 4 is 22.4 Å². The van der Waals surface area contributed by atoms with Gasteiger partial charge in [-0.3, -0.25) is 4.79 Å². The number of ether oxygens (including phenoxy) is 2. The summed E-state index contributed by atoms with van der Waals surface area (Å²) < 4.78 is 26.2. The van der Waals surface area contributed by atoms with Crippen molar-refractivity contribution in [1.82, 2.24) is 0 Å². The molecule has 0 unspecified atom stereocenters. The van der Waals surface area contributed by atoms with Gasteiger partial charge in [-0.25, -0.2) is 0 Å². The number of carbonyl (C=O) groups is 1. The molecule has 40 heavy (non-hydrogen) atoms. The molecular weight excluding hydrogens is 533 g/mol. The number of hydrogen-bond acceptors (Lipinski definition) is 5. The number of allylic oxidation sites excluding steroid dienone is 2. The van der Waals surface area contributed by atoms with Gasteiger partial charge in [0.2, 0.25) is 8.32 Å². The maximum absolute atomic E-state index is 14.2. The average Bonchev–Trinajstić information content (AvgIpc) is 2.76. The minimum absolute atomic E-state index is 0.0816. The lowest BCUT2D eigenvalue weighted by Crippen LogP contribution is -2.67. The molecule has 5 nitrogen and oxygen atoms in total. The molecule has 0 N–H and O–H groups in total. The smallest absolute Gasteiger partial charge is 0.250 e. The Hall–Kier alpha value is -0.476. The lowest BCUT2D eigenvalue weighted by atomic mass is 9.40. The maximum Gasteiger partial charge on any atom is 0.250 e. The Balaban J connectivity index is 2.09. The first-order chi connectivity index (χ1) is 17.8. The van der Waals surface area contributed by atoms with E-state index in [1.165, 1.54) is 5.57 Å². The third-order valence-corrected chi connectivity index (χ3v) is 21.1. The SMILES string of the molecule is COCO[C@H]1C[C@]2(C)[C@H](CC(=O)[C@@]3(C)CC(C)=C(O[Si](C)(C)C(C)(C)C)C[C@H]23)C(C)(C)[C@@H]1O[Si](C)(C)C(C)(C)C. The molecule has 0 aromatic rings. The van der Waals surface area contributed by atoms with Crippen molar-refractivity contribution in [3.63, 3.8) is 0 Å². The van der Waals surface area contributed by atoms with Gasteiger partial charge in [0.15, 0.2) is 8.32 Å². The lowest BCUT2D eigenvalue weighted by molar-refractivity contribution is -0.229. The van der Waals surface area contributed by atoms with E-state index in [1.807, 2.05) is 0 Å². The van der Waals surface area contributed by atoms with Crippen LogP contribution in [0.2, 0.25) is 36.3 Å². The zero-order chi connectivity index (χ0) is 30.9. The number of fused-ring (bicyclic) bond motifs is 3. The number of hydrogen-bond donors (Lipinski definition) is 0. The molecule has 6 atom stereocenters. The molecule has 0 bridgehead atoms. The summed E-state index contributed by atoms with van der Waals surface area (Å²) in [6.07, 6.45) is 2.90. The second-order valence-corrected chi connectivity index (χ2v) is 27.0. The number of carbonyl (C=O) groups excluding carboxylic acids is 1. The van der Waals surface area contributed by atoms with Gasteiger partial charge >= 0.3 is 0 Å². The van der Waals surface area contributed by atoms with Gasteiger partial charge in [0.1, 0.15) is 12.6 Å². The Morgan fingerprint density at radius 1 is 0.875 bits per heavy atom. The molecule has 2 saturated carbocycles. The summed E-state index contributed by atoms with van der Waals surface area (Å²) in [6.45, 7) is 34.9. The van der Waals surface area contributed by atoms with Crippen LogP contribution >= 0.6 is 0 Å². The van der Waals surface area contributed by atoms with E-state index in [9.17, 15) is 4.79 Å². The Kier molecular flexibility index (Phi) is 9.02. The number of ketones is 1. The Morgan fingerprint density at radius 3 is 1.93 bits per heavy atom. The fourth-order valence-corrected chi connectivity index (χ4v) is 10.4. The van der Waals surface area contributed by atoms with Crippen LogP contribution < -0.4 is 0 Å². The van der Waals surface area contributed by atoms with Gasteiger partial charge in [0, 0.05) is 25.4 Å². The molecule has 232 valence electrons. The zero-order valence-electron chi connectivity index (χ0n) is 28.9. The number of Topliss-reactive ketones (excluding diaryl/α,β-unsaturated/α-hetero) is 1. The van der Waals surface area contributed by atoms with E-state index in [2.05, 4.69) is 102 Å². The Labute approximate surface area is 248 Å². The highest BCUT2D eigenvalue weighted by molar-refractivity contribution is 6.74. The van der Waals surface area contributed by atoms with Crippen molar-refractivity contribution in [2.45, 2.75) is 150 Å². The van der Waals surface area contributed by atoms with Crippen LogP contribution in [0.15, 0.2) is 11.3 Å². The highest BCUT2D eigenvalue weighted by Crippen LogP contribution is 2.68. The lowest BCUT2D eigenvalue weighted by Gasteiger charge is -2.66. The van der Waals surface area contributed by atoms with Gasteiger partial charge in [-0.1, -0.05) is 69.2 Å². The summed E-state index contributed by atoms with van der Waals surface area (Å²) in [5, 5.41) is 0.203. The van der Waals surface area contributed by atoms with Crippen LogP contribution in [0.25, 0.3) is 0 Å². The van der Waals surface area contributed by atoms with Crippen molar-refractivity contribution < 1.29 is 23.1 Å². The first-order valence-electron chi connectivity index (χ1n) is 15.5. The highest BCUT2D eigenvalue weighted by atomic mass is 28.4. The molecule has 0 heterocycles. The predicted molar refractivity (Wildman–Crippen MR) is 170 cm³/mol. The van der Waals surface area contributed by atoms with Crippen LogP contribution in [0, 0.1) is 28.1 Å². The fraction of sp³-hybridized carbons (Fsp3) is 0.909. The van der Waals surface area contributed by atoms with Crippen molar-refractivity contribution in [2.75, 3.05) is 13.9 Å². The Bertz CT molecular complexity index is 1000. The topological polar surface area (TPSA) is 54.0 Å². The quantitative estimate of drug-likeness (QED) is 0.217. The molecule has 2 fully saturated rings. The summed E-state index contributed by atoms with van der Waals surface area (Å²) in [5.74, 6) is 1.96. The minimum atomic E-state index is -2.10. The van der Waals surface area contributed by atoms with E-state index in [0.29, 0.717) is 12.2 Å². The Morgan fingerprint density at radius 2 is 1.43 bits per heavy atom. The van der Waals surface area contributed by atoms with Crippen LogP contribution in [-0.2, 0) is 23.1 Å². The average molecular weight is 595 g/mol. The standard InChI is InChI=1S/C33H62O5Si2/c1-22-19-33(11)26(17-23(22)37-39(13,14)29(2,3)4)32(10)20-24(36-21-35-12)28(38-40(15,16)30(5,6)7)31(8,9)25(32)18-27(33)34/h24-26,28H,17-21H2,1-16H3/t24-,25+,26+,28+,32+,33-/m0/s1. The molecular formula is C33H62O5Si2. The second-order valence-electron chi connectivity index (χ2n) is 17.5. The van der Waals surface area contributed by atoms with Crippen molar-refractivity contribution in [3.05, 3.63) is 11.3 Å². The van der Waals surface area contributed by atoms with E-state index < -0.39 is 16.6 Å². The first-order valence-corrected chi connectivity index (χ1v) is 21.4. The van der Waals surface area contributed by atoms with Gasteiger partial charge in [0.25, 0.3) is 0 Å². The van der Waals surface area contributed by atoms with Gasteiger partial charge in [-0.2, -0.15) is 0 Å². The molecule has 3 rings (SSSR count). The van der Waals surface area contributed by atoms with Crippen molar-refractivity contribution in [1.29, 1.82) is 0 Å². The molecule has 0 aromatic carbocycles. The van der Waals surface area contributed by atoms with E-state index in [0.717, 1.165) is 25.0 Å².